The first-order valence-electron chi connectivity index (χ1n) is 9.05. The van der Waals surface area contributed by atoms with E-state index in [2.05, 4.69) is 20.4 Å². The number of halogens is 1. The topological polar surface area (TPSA) is 103 Å². The van der Waals surface area contributed by atoms with Crippen LogP contribution in [-0.4, -0.2) is 25.6 Å². The van der Waals surface area contributed by atoms with Gasteiger partial charge in [0.25, 0.3) is 11.5 Å². The highest BCUT2D eigenvalue weighted by Crippen LogP contribution is 2.16. The molecule has 3 heterocycles. The molecule has 0 fully saturated rings. The summed E-state index contributed by atoms with van der Waals surface area (Å²) in [5.74, 6) is 0.307. The number of rotatable bonds is 6. The Bertz CT molecular complexity index is 1240. The molecule has 30 heavy (non-hydrogen) atoms. The number of hydrogen-bond donors (Lipinski definition) is 1. The second kappa shape index (κ2) is 8.71. The minimum atomic E-state index is -0.369. The highest BCUT2D eigenvalue weighted by molar-refractivity contribution is 6.31. The molecule has 9 heteroatoms. The Morgan fingerprint density at radius 2 is 1.90 bits per heavy atom. The van der Waals surface area contributed by atoms with E-state index in [9.17, 15) is 9.59 Å². The molecule has 4 rings (SSSR count). The van der Waals surface area contributed by atoms with E-state index in [1.807, 2.05) is 18.2 Å². The van der Waals surface area contributed by atoms with Gasteiger partial charge in [0.1, 0.15) is 0 Å². The number of hydrogen-bond acceptors (Lipinski definition) is 6. The number of pyridine rings is 2. The Hall–Kier alpha value is -3.78. The van der Waals surface area contributed by atoms with Gasteiger partial charge in [-0.15, -0.1) is 0 Å². The molecule has 1 N–H and O–H groups in total. The molecule has 8 nitrogen and oxygen atoms in total. The van der Waals surface area contributed by atoms with E-state index in [1.165, 1.54) is 22.9 Å². The van der Waals surface area contributed by atoms with Gasteiger partial charge in [0.15, 0.2) is 0 Å². The van der Waals surface area contributed by atoms with E-state index in [0.717, 1.165) is 11.1 Å². The van der Waals surface area contributed by atoms with Crippen molar-refractivity contribution in [3.63, 3.8) is 0 Å². The van der Waals surface area contributed by atoms with Crippen molar-refractivity contribution in [1.29, 1.82) is 0 Å². The van der Waals surface area contributed by atoms with Crippen LogP contribution in [0.5, 0.6) is 0 Å². The Morgan fingerprint density at radius 1 is 1.10 bits per heavy atom. The van der Waals surface area contributed by atoms with Crippen molar-refractivity contribution in [2.24, 2.45) is 0 Å². The Morgan fingerprint density at radius 3 is 2.70 bits per heavy atom. The summed E-state index contributed by atoms with van der Waals surface area (Å²) in [6, 6.07) is 13.6. The van der Waals surface area contributed by atoms with Crippen molar-refractivity contribution >= 4 is 17.5 Å². The first-order chi connectivity index (χ1) is 14.6. The first-order valence-corrected chi connectivity index (χ1v) is 9.43. The molecule has 0 radical (unpaired) electrons. The predicted molar refractivity (Wildman–Crippen MR) is 110 cm³/mol. The third-order valence-electron chi connectivity index (χ3n) is 4.35. The molecule has 1 aromatic carbocycles. The van der Waals surface area contributed by atoms with Gasteiger partial charge < -0.3 is 14.4 Å². The molecule has 0 atom stereocenters. The minimum Gasteiger partial charge on any atom is -0.343 e. The molecule has 3 aromatic heterocycles. The van der Waals surface area contributed by atoms with Crippen molar-refractivity contribution in [2.75, 3.05) is 0 Å². The summed E-state index contributed by atoms with van der Waals surface area (Å²) in [4.78, 5) is 32.9. The third-order valence-corrected chi connectivity index (χ3v) is 4.72. The smallest absolute Gasteiger partial charge is 0.253 e. The number of nitrogens with zero attached hydrogens (tertiary/aromatic N) is 4. The van der Waals surface area contributed by atoms with Crippen LogP contribution >= 0.6 is 11.6 Å². The molecule has 0 aliphatic carbocycles. The predicted octanol–water partition coefficient (Wildman–Crippen LogP) is 2.93. The SMILES string of the molecule is O=C(NCc1nc(-c2ccncc2)no1)c1ccc(=O)n(Cc2ccccc2Cl)c1. The second-order valence-electron chi connectivity index (χ2n) is 6.41. The maximum Gasteiger partial charge on any atom is 0.253 e. The van der Waals surface area contributed by atoms with Gasteiger partial charge in [0.2, 0.25) is 11.7 Å². The number of carbonyl (C=O) groups is 1. The summed E-state index contributed by atoms with van der Waals surface area (Å²) in [5, 5.41) is 7.16. The zero-order valence-electron chi connectivity index (χ0n) is 15.7. The maximum absolute atomic E-state index is 12.5. The Labute approximate surface area is 176 Å². The molecule has 150 valence electrons. The lowest BCUT2D eigenvalue weighted by Gasteiger charge is -2.09. The van der Waals surface area contributed by atoms with Crippen LogP contribution < -0.4 is 10.9 Å². The highest BCUT2D eigenvalue weighted by Gasteiger charge is 2.12. The molecule has 0 bridgehead atoms. The number of amides is 1. The number of aromatic nitrogens is 4. The number of carbonyl (C=O) groups excluding carboxylic acids is 1. The van der Waals surface area contributed by atoms with Gasteiger partial charge in [0, 0.05) is 35.2 Å². The van der Waals surface area contributed by atoms with Gasteiger partial charge >= 0.3 is 0 Å². The lowest BCUT2D eigenvalue weighted by Crippen LogP contribution is -2.26. The summed E-state index contributed by atoms with van der Waals surface area (Å²) in [6.07, 6.45) is 4.76. The maximum atomic E-state index is 12.5. The summed E-state index contributed by atoms with van der Waals surface area (Å²) in [7, 11) is 0. The van der Waals surface area contributed by atoms with Gasteiger partial charge in [0.05, 0.1) is 18.7 Å². The van der Waals surface area contributed by atoms with Crippen molar-refractivity contribution in [3.8, 4) is 11.4 Å². The van der Waals surface area contributed by atoms with Crippen LogP contribution in [0.3, 0.4) is 0 Å². The number of nitrogens with one attached hydrogen (secondary N) is 1. The number of benzene rings is 1. The largest absolute Gasteiger partial charge is 0.343 e. The van der Waals surface area contributed by atoms with Crippen LogP contribution in [0.2, 0.25) is 5.02 Å². The quantitative estimate of drug-likeness (QED) is 0.513. The van der Waals surface area contributed by atoms with Gasteiger partial charge in [-0.1, -0.05) is 35.0 Å². The molecule has 0 aliphatic rings. The van der Waals surface area contributed by atoms with E-state index in [4.69, 9.17) is 16.1 Å². The molecule has 0 aliphatic heterocycles. The van der Waals surface area contributed by atoms with Gasteiger partial charge in [-0.25, -0.2) is 0 Å². The normalized spacial score (nSPS) is 10.7. The summed E-state index contributed by atoms with van der Waals surface area (Å²) in [6.45, 7) is 0.319. The van der Waals surface area contributed by atoms with Crippen LogP contribution in [0, 0.1) is 0 Å². The minimum absolute atomic E-state index is 0.0561. The average Bonchev–Trinajstić information content (AvgIpc) is 3.25. The van der Waals surface area contributed by atoms with Crippen LogP contribution in [0.4, 0.5) is 0 Å². The van der Waals surface area contributed by atoms with Crippen LogP contribution in [0.25, 0.3) is 11.4 Å². The second-order valence-corrected chi connectivity index (χ2v) is 6.81. The van der Waals surface area contributed by atoms with E-state index in [1.54, 1.807) is 30.6 Å². The molecule has 4 aromatic rings. The van der Waals surface area contributed by atoms with Crippen molar-refractivity contribution in [2.45, 2.75) is 13.1 Å². The molecule has 0 spiro atoms. The summed E-state index contributed by atoms with van der Waals surface area (Å²) < 4.78 is 6.61. The van der Waals surface area contributed by atoms with E-state index in [0.29, 0.717) is 16.4 Å². The van der Waals surface area contributed by atoms with Crippen molar-refractivity contribution < 1.29 is 9.32 Å². The molecule has 0 saturated heterocycles. The van der Waals surface area contributed by atoms with E-state index < -0.39 is 0 Å². The molecular weight excluding hydrogens is 406 g/mol. The monoisotopic (exact) mass is 421 g/mol. The first kappa shape index (κ1) is 19.5. The lowest BCUT2D eigenvalue weighted by atomic mass is 10.2. The van der Waals surface area contributed by atoms with Gasteiger partial charge in [-0.3, -0.25) is 14.6 Å². The van der Waals surface area contributed by atoms with Crippen LogP contribution in [0.15, 0.2) is 76.4 Å². The molecular formula is C21H16ClN5O3. The third kappa shape index (κ3) is 4.44. The van der Waals surface area contributed by atoms with Crippen LogP contribution in [-0.2, 0) is 13.1 Å². The molecule has 1 amide bonds. The van der Waals surface area contributed by atoms with E-state index >= 15 is 0 Å². The van der Waals surface area contributed by atoms with Crippen molar-refractivity contribution in [1.82, 2.24) is 25.0 Å². The van der Waals surface area contributed by atoms with E-state index in [-0.39, 0.29) is 30.4 Å². The Balaban J connectivity index is 1.45. The molecule has 0 unspecified atom stereocenters. The van der Waals surface area contributed by atoms with Gasteiger partial charge in [-0.05, 0) is 29.8 Å². The van der Waals surface area contributed by atoms with Crippen molar-refractivity contribution in [3.05, 3.63) is 99.5 Å². The highest BCUT2D eigenvalue weighted by atomic mass is 35.5. The lowest BCUT2D eigenvalue weighted by molar-refractivity contribution is 0.0945. The standard InChI is InChI=1S/C21H16ClN5O3/c22-17-4-2-1-3-15(17)12-27-13-16(5-6-19(27)28)21(29)24-11-18-25-20(26-30-18)14-7-9-23-10-8-14/h1-10,13H,11-12H2,(H,24,29). The molecule has 0 saturated carbocycles. The van der Waals surface area contributed by atoms with Gasteiger partial charge in [-0.2, -0.15) is 4.98 Å². The Kier molecular flexibility index (Phi) is 5.67. The van der Waals surface area contributed by atoms with Crippen LogP contribution in [0.1, 0.15) is 21.8 Å². The summed E-state index contributed by atoms with van der Waals surface area (Å²) in [5.41, 5.74) is 1.65. The fraction of sp³-hybridized carbons (Fsp3) is 0.0952. The summed E-state index contributed by atoms with van der Waals surface area (Å²) >= 11 is 6.17. The zero-order chi connectivity index (χ0) is 20.9. The average molecular weight is 422 g/mol. The fourth-order valence-corrected chi connectivity index (χ4v) is 3.00. The zero-order valence-corrected chi connectivity index (χ0v) is 16.4. The fourth-order valence-electron chi connectivity index (χ4n) is 2.80.